The van der Waals surface area contributed by atoms with Crippen LogP contribution in [0, 0.1) is 11.8 Å². The molecule has 4 rings (SSSR count). The molecule has 1 aromatic carbocycles. The van der Waals surface area contributed by atoms with Gasteiger partial charge in [-0.05, 0) is 35.4 Å². The van der Waals surface area contributed by atoms with Crippen LogP contribution < -0.4 is 4.74 Å². The molecule has 0 bridgehead atoms. The summed E-state index contributed by atoms with van der Waals surface area (Å²) in [6.45, 7) is 4.32. The predicted molar refractivity (Wildman–Crippen MR) is 94.9 cm³/mol. The van der Waals surface area contributed by atoms with E-state index >= 15 is 0 Å². The first-order chi connectivity index (χ1) is 12.2. The van der Waals surface area contributed by atoms with E-state index in [9.17, 15) is 4.79 Å². The van der Waals surface area contributed by atoms with Crippen LogP contribution in [0.4, 0.5) is 0 Å². The molecule has 3 heterocycles. The highest BCUT2D eigenvalue weighted by atomic mass is 16.5. The Hall–Kier alpha value is -2.40. The molecule has 5 heteroatoms. The molecule has 2 aliphatic rings. The molecule has 5 nitrogen and oxygen atoms in total. The van der Waals surface area contributed by atoms with Crippen molar-refractivity contribution in [3.63, 3.8) is 0 Å². The summed E-state index contributed by atoms with van der Waals surface area (Å²) in [5.74, 6) is 1.79. The summed E-state index contributed by atoms with van der Waals surface area (Å²) in [5.41, 5.74) is 2.42. The molecule has 0 radical (unpaired) electrons. The van der Waals surface area contributed by atoms with E-state index in [2.05, 4.69) is 22.0 Å². The Bertz CT molecular complexity index is 732. The number of carbonyl (C=O) groups excluding carboxylic acids is 1. The predicted octanol–water partition coefficient (Wildman–Crippen LogP) is 2.18. The molecule has 0 N–H and O–H groups in total. The first-order valence-electron chi connectivity index (χ1n) is 8.76. The van der Waals surface area contributed by atoms with Gasteiger partial charge >= 0.3 is 0 Å². The number of amides is 1. The van der Waals surface area contributed by atoms with E-state index in [-0.39, 0.29) is 5.92 Å². The highest BCUT2D eigenvalue weighted by molar-refractivity contribution is 5.82. The normalized spacial score (nSPS) is 23.1. The van der Waals surface area contributed by atoms with E-state index in [4.69, 9.17) is 4.74 Å². The van der Waals surface area contributed by atoms with E-state index < -0.39 is 0 Å². The van der Waals surface area contributed by atoms with Crippen LogP contribution in [-0.2, 0) is 17.9 Å². The van der Waals surface area contributed by atoms with E-state index in [1.807, 2.05) is 29.2 Å². The van der Waals surface area contributed by atoms with Gasteiger partial charge in [0.2, 0.25) is 5.91 Å². The number of rotatable bonds is 5. The van der Waals surface area contributed by atoms with Gasteiger partial charge in [0.25, 0.3) is 0 Å². The fourth-order valence-corrected chi connectivity index (χ4v) is 4.00. The average molecular weight is 337 g/mol. The van der Waals surface area contributed by atoms with Crippen LogP contribution >= 0.6 is 0 Å². The monoisotopic (exact) mass is 337 g/mol. The SMILES string of the molecule is COc1ccc(CN2C[C@H]3CN(Cc4ccncc4)C(=O)[C@H]3C2)cc1. The minimum absolute atomic E-state index is 0.153. The summed E-state index contributed by atoms with van der Waals surface area (Å²) < 4.78 is 5.21. The molecule has 2 aromatic rings. The van der Waals surface area contributed by atoms with Crippen molar-refractivity contribution in [2.75, 3.05) is 26.7 Å². The Morgan fingerprint density at radius 2 is 1.72 bits per heavy atom. The lowest BCUT2D eigenvalue weighted by Crippen LogP contribution is -2.32. The first-order valence-corrected chi connectivity index (χ1v) is 8.76. The van der Waals surface area contributed by atoms with Crippen LogP contribution in [0.15, 0.2) is 48.8 Å². The molecule has 130 valence electrons. The van der Waals surface area contributed by atoms with Crippen LogP contribution in [0.1, 0.15) is 11.1 Å². The topological polar surface area (TPSA) is 45.7 Å². The van der Waals surface area contributed by atoms with Gasteiger partial charge in [-0.1, -0.05) is 12.1 Å². The van der Waals surface area contributed by atoms with E-state index in [1.54, 1.807) is 19.5 Å². The van der Waals surface area contributed by atoms with E-state index in [1.165, 1.54) is 5.56 Å². The molecular weight excluding hydrogens is 314 g/mol. The maximum atomic E-state index is 12.7. The second-order valence-corrected chi connectivity index (χ2v) is 6.98. The van der Waals surface area contributed by atoms with Crippen molar-refractivity contribution >= 4 is 5.91 Å². The van der Waals surface area contributed by atoms with Gasteiger partial charge in [-0.3, -0.25) is 14.7 Å². The summed E-state index contributed by atoms with van der Waals surface area (Å²) in [4.78, 5) is 21.2. The van der Waals surface area contributed by atoms with Gasteiger partial charge in [0.1, 0.15) is 5.75 Å². The van der Waals surface area contributed by atoms with Crippen LogP contribution in [0.2, 0.25) is 0 Å². The summed E-state index contributed by atoms with van der Waals surface area (Å²) >= 11 is 0. The van der Waals surface area contributed by atoms with E-state index in [0.29, 0.717) is 18.4 Å². The molecular formula is C20H23N3O2. The Balaban J connectivity index is 1.35. The van der Waals surface area contributed by atoms with Gasteiger partial charge in [-0.25, -0.2) is 0 Å². The third-order valence-corrected chi connectivity index (χ3v) is 5.29. The largest absolute Gasteiger partial charge is 0.497 e. The molecule has 0 aliphatic carbocycles. The number of benzene rings is 1. The fourth-order valence-electron chi connectivity index (χ4n) is 4.00. The molecule has 2 aliphatic heterocycles. The van der Waals surface area contributed by atoms with Crippen molar-refractivity contribution in [1.82, 2.24) is 14.8 Å². The fraction of sp³-hybridized carbons (Fsp3) is 0.400. The van der Waals surface area contributed by atoms with Crippen molar-refractivity contribution in [1.29, 1.82) is 0 Å². The second-order valence-electron chi connectivity index (χ2n) is 6.98. The molecule has 0 unspecified atom stereocenters. The van der Waals surface area contributed by atoms with Gasteiger partial charge < -0.3 is 9.64 Å². The third kappa shape index (κ3) is 3.37. The molecule has 2 atom stereocenters. The number of ether oxygens (including phenoxy) is 1. The average Bonchev–Trinajstić information content (AvgIpc) is 3.16. The molecule has 0 spiro atoms. The molecule has 1 amide bonds. The quantitative estimate of drug-likeness (QED) is 0.839. The van der Waals surface area contributed by atoms with Crippen LogP contribution in [0.3, 0.4) is 0 Å². The van der Waals surface area contributed by atoms with Crippen molar-refractivity contribution < 1.29 is 9.53 Å². The first kappa shape index (κ1) is 16.1. The number of likely N-dealkylation sites (tertiary alicyclic amines) is 2. The standard InChI is InChI=1S/C20H23N3O2/c1-25-18-4-2-15(3-5-18)10-22-12-17-13-23(20(24)19(17)14-22)11-16-6-8-21-9-7-16/h2-9,17,19H,10-14H2,1H3/t17-,19-/m0/s1. The maximum absolute atomic E-state index is 12.7. The number of nitrogens with zero attached hydrogens (tertiary/aromatic N) is 3. The minimum Gasteiger partial charge on any atom is -0.497 e. The lowest BCUT2D eigenvalue weighted by atomic mass is 10.0. The summed E-state index contributed by atoms with van der Waals surface area (Å²) in [7, 11) is 1.68. The van der Waals surface area contributed by atoms with Gasteiger partial charge in [0, 0.05) is 51.0 Å². The zero-order valence-electron chi connectivity index (χ0n) is 14.5. The molecule has 1 aromatic heterocycles. The number of hydrogen-bond donors (Lipinski definition) is 0. The highest BCUT2D eigenvalue weighted by Crippen LogP contribution is 2.33. The van der Waals surface area contributed by atoms with Gasteiger partial charge in [-0.2, -0.15) is 0 Å². The molecule has 2 saturated heterocycles. The number of carbonyl (C=O) groups is 1. The van der Waals surface area contributed by atoms with Crippen LogP contribution in [0.5, 0.6) is 5.75 Å². The molecule has 25 heavy (non-hydrogen) atoms. The number of pyridine rings is 1. The maximum Gasteiger partial charge on any atom is 0.227 e. The minimum atomic E-state index is 0.153. The van der Waals surface area contributed by atoms with Crippen molar-refractivity contribution in [3.8, 4) is 5.75 Å². The Labute approximate surface area is 148 Å². The lowest BCUT2D eigenvalue weighted by Gasteiger charge is -2.22. The smallest absolute Gasteiger partial charge is 0.227 e. The number of methoxy groups -OCH3 is 1. The second kappa shape index (κ2) is 6.84. The number of fused-ring (bicyclic) bond motifs is 1. The molecule has 0 saturated carbocycles. The summed E-state index contributed by atoms with van der Waals surface area (Å²) in [6.07, 6.45) is 3.57. The number of hydrogen-bond acceptors (Lipinski definition) is 4. The van der Waals surface area contributed by atoms with Gasteiger partial charge in [0.15, 0.2) is 0 Å². The van der Waals surface area contributed by atoms with Gasteiger partial charge in [-0.15, -0.1) is 0 Å². The van der Waals surface area contributed by atoms with Gasteiger partial charge in [0.05, 0.1) is 13.0 Å². The lowest BCUT2D eigenvalue weighted by molar-refractivity contribution is -0.131. The van der Waals surface area contributed by atoms with Crippen molar-refractivity contribution in [2.24, 2.45) is 11.8 Å². The van der Waals surface area contributed by atoms with Crippen molar-refractivity contribution in [2.45, 2.75) is 13.1 Å². The Morgan fingerprint density at radius 1 is 1.00 bits per heavy atom. The van der Waals surface area contributed by atoms with E-state index in [0.717, 1.165) is 37.5 Å². The van der Waals surface area contributed by atoms with Crippen LogP contribution in [0.25, 0.3) is 0 Å². The third-order valence-electron chi connectivity index (χ3n) is 5.29. The zero-order valence-corrected chi connectivity index (χ0v) is 14.5. The summed E-state index contributed by atoms with van der Waals surface area (Å²) in [6, 6.07) is 12.2. The summed E-state index contributed by atoms with van der Waals surface area (Å²) in [5, 5.41) is 0. The Kier molecular flexibility index (Phi) is 4.40. The molecule has 2 fully saturated rings. The zero-order chi connectivity index (χ0) is 17.2. The highest BCUT2D eigenvalue weighted by Gasteiger charge is 2.45. The van der Waals surface area contributed by atoms with Crippen LogP contribution in [-0.4, -0.2) is 47.4 Å². The number of aromatic nitrogens is 1. The Morgan fingerprint density at radius 3 is 2.40 bits per heavy atom. The van der Waals surface area contributed by atoms with Crippen molar-refractivity contribution in [3.05, 3.63) is 59.9 Å².